The maximum Gasteiger partial charge on any atom is 0.408 e. The lowest BCUT2D eigenvalue weighted by molar-refractivity contribution is -0.162. The summed E-state index contributed by atoms with van der Waals surface area (Å²) in [6.45, 7) is -0.00454. The Hall–Kier alpha value is -3.80. The predicted molar refractivity (Wildman–Crippen MR) is 128 cm³/mol. The van der Waals surface area contributed by atoms with Gasteiger partial charge in [0.25, 0.3) is 12.3 Å². The molecular formula is C23H23F6N5O6S. The molecule has 0 spiro atoms. The number of likely N-dealkylation sites (tertiary alicyclic amines) is 1. The number of carbonyl (C=O) groups is 3. The predicted octanol–water partition coefficient (Wildman–Crippen LogP) is 2.06. The molecule has 4 rings (SSSR count). The average Bonchev–Trinajstić information content (AvgIpc) is 3.41. The van der Waals surface area contributed by atoms with Crippen LogP contribution in [-0.4, -0.2) is 73.1 Å². The Morgan fingerprint density at radius 3 is 2.51 bits per heavy atom. The molecule has 1 unspecified atom stereocenters. The summed E-state index contributed by atoms with van der Waals surface area (Å²) in [4.78, 5) is 38.5. The van der Waals surface area contributed by atoms with Gasteiger partial charge in [-0.05, 0) is 31.5 Å². The van der Waals surface area contributed by atoms with Crippen molar-refractivity contribution in [1.29, 1.82) is 0 Å². The van der Waals surface area contributed by atoms with E-state index in [9.17, 15) is 49.1 Å². The first-order valence-electron chi connectivity index (χ1n) is 11.9. The maximum absolute atomic E-state index is 13.7. The number of hydrogen-bond acceptors (Lipinski definition) is 6. The number of fused-ring (bicyclic) bond motifs is 2. The highest BCUT2D eigenvalue weighted by Crippen LogP contribution is 2.35. The molecule has 2 aromatic rings. The van der Waals surface area contributed by atoms with E-state index in [1.165, 1.54) is 7.05 Å². The number of nitrogens with zero attached hydrogens (tertiary/aromatic N) is 2. The van der Waals surface area contributed by atoms with Crippen molar-refractivity contribution in [3.05, 3.63) is 41.5 Å². The lowest BCUT2D eigenvalue weighted by Crippen LogP contribution is -2.55. The van der Waals surface area contributed by atoms with Crippen molar-refractivity contribution in [2.75, 3.05) is 18.5 Å². The molecule has 224 valence electrons. The molecule has 3 N–H and O–H groups in total. The van der Waals surface area contributed by atoms with E-state index in [4.69, 9.17) is 4.74 Å². The van der Waals surface area contributed by atoms with Crippen molar-refractivity contribution in [2.24, 2.45) is 7.05 Å². The molecule has 0 saturated carbocycles. The summed E-state index contributed by atoms with van der Waals surface area (Å²) in [7, 11) is -3.10. The number of ether oxygens (including phenoxy) is 1. The van der Waals surface area contributed by atoms with Crippen LogP contribution in [-0.2, 0) is 26.7 Å². The van der Waals surface area contributed by atoms with Crippen LogP contribution in [0.15, 0.2) is 29.3 Å². The number of sulfonamides is 1. The molecular weight excluding hydrogens is 588 g/mol. The van der Waals surface area contributed by atoms with Crippen molar-refractivity contribution in [2.45, 2.75) is 49.0 Å². The van der Waals surface area contributed by atoms with Crippen molar-refractivity contribution < 1.29 is 53.9 Å². The maximum atomic E-state index is 13.7. The molecule has 2 aliphatic heterocycles. The van der Waals surface area contributed by atoms with Gasteiger partial charge in [0.15, 0.2) is 11.4 Å². The number of carbonyl (C=O) groups excluding carboxylic acids is 3. The molecule has 2 aliphatic rings. The Bertz CT molecular complexity index is 1490. The molecule has 11 nitrogen and oxygen atoms in total. The van der Waals surface area contributed by atoms with Crippen LogP contribution in [0.5, 0.6) is 5.75 Å². The molecule has 3 heterocycles. The number of nitrogens with one attached hydrogen (secondary N) is 3. The van der Waals surface area contributed by atoms with Crippen molar-refractivity contribution in [3.63, 3.8) is 0 Å². The van der Waals surface area contributed by atoms with Crippen LogP contribution in [0.2, 0.25) is 0 Å². The highest BCUT2D eigenvalue weighted by Gasteiger charge is 2.46. The molecule has 18 heteroatoms. The Kier molecular flexibility index (Phi) is 8.01. The first kappa shape index (κ1) is 30.2. The van der Waals surface area contributed by atoms with Gasteiger partial charge in [0.2, 0.25) is 10.0 Å². The van der Waals surface area contributed by atoms with Gasteiger partial charge in [-0.25, -0.2) is 26.3 Å². The smallest absolute Gasteiger partial charge is 0.408 e. The van der Waals surface area contributed by atoms with Gasteiger partial charge in [0.1, 0.15) is 23.4 Å². The number of halogens is 6. The second-order valence-electron chi connectivity index (χ2n) is 9.40. The molecule has 3 atom stereocenters. The van der Waals surface area contributed by atoms with E-state index < -0.39 is 87.1 Å². The molecule has 41 heavy (non-hydrogen) atoms. The van der Waals surface area contributed by atoms with Gasteiger partial charge in [-0.3, -0.25) is 14.4 Å². The van der Waals surface area contributed by atoms with Crippen LogP contribution < -0.4 is 20.1 Å². The Morgan fingerprint density at radius 1 is 1.20 bits per heavy atom. The van der Waals surface area contributed by atoms with Gasteiger partial charge in [-0.2, -0.15) is 13.2 Å². The average molecular weight is 612 g/mol. The zero-order valence-corrected chi connectivity index (χ0v) is 22.1. The van der Waals surface area contributed by atoms with E-state index in [-0.39, 0.29) is 24.3 Å². The third-order valence-electron chi connectivity index (χ3n) is 6.64. The normalized spacial score (nSPS) is 20.8. The van der Waals surface area contributed by atoms with E-state index in [0.29, 0.717) is 13.0 Å². The quantitative estimate of drug-likeness (QED) is 0.358. The molecule has 1 saturated heterocycles. The summed E-state index contributed by atoms with van der Waals surface area (Å²) in [5, 5.41) is 3.83. The van der Waals surface area contributed by atoms with Crippen LogP contribution >= 0.6 is 0 Å². The number of aromatic nitrogens is 1. The molecule has 0 aliphatic carbocycles. The molecule has 3 amide bonds. The molecule has 1 fully saturated rings. The third kappa shape index (κ3) is 5.97. The number of hydrogen-bond donors (Lipinski definition) is 3. The number of benzene rings is 1. The molecule has 1 aromatic heterocycles. The van der Waals surface area contributed by atoms with Crippen molar-refractivity contribution in [3.8, 4) is 5.75 Å². The van der Waals surface area contributed by atoms with Crippen LogP contribution in [0.3, 0.4) is 0 Å². The van der Waals surface area contributed by atoms with Crippen molar-refractivity contribution in [1.82, 2.24) is 19.5 Å². The van der Waals surface area contributed by atoms with E-state index in [2.05, 4.69) is 10.0 Å². The van der Waals surface area contributed by atoms with Gasteiger partial charge in [0.05, 0.1) is 11.6 Å². The fourth-order valence-corrected chi connectivity index (χ4v) is 6.00. The molecule has 1 aromatic carbocycles. The Balaban J connectivity index is 1.60. The lowest BCUT2D eigenvalue weighted by Gasteiger charge is -2.30. The molecule has 0 bridgehead atoms. The van der Waals surface area contributed by atoms with Crippen molar-refractivity contribution >= 4 is 33.4 Å². The van der Waals surface area contributed by atoms with Gasteiger partial charge in [0, 0.05) is 31.5 Å². The summed E-state index contributed by atoms with van der Waals surface area (Å²) in [5.74, 6) is -5.57. The number of amides is 3. The largest absolute Gasteiger partial charge is 0.487 e. The van der Waals surface area contributed by atoms with Gasteiger partial charge >= 0.3 is 18.0 Å². The van der Waals surface area contributed by atoms with Gasteiger partial charge in [-0.15, -0.1) is 0 Å². The van der Waals surface area contributed by atoms with E-state index in [0.717, 1.165) is 27.8 Å². The Morgan fingerprint density at radius 2 is 1.88 bits per heavy atom. The van der Waals surface area contributed by atoms with E-state index in [1.54, 1.807) is 5.32 Å². The minimum Gasteiger partial charge on any atom is -0.487 e. The standard InChI is InChI=1S/C23H23F6N5O6S/c1-10(23(27,28)29)30-21(36)22(37)34-6-5-14-15(34)9-40-18-16(41(38,39)32-14)8-33(2)17(18)20(35)31-11-3-4-13(24)12(7-11)19(25)26/h3-4,7-8,10,14-15,19,32H,5-6,9H2,1-2H3,(H,30,36)(H,31,35)/t10-,14+,15?/m1/s1. The van der Waals surface area contributed by atoms with Crippen LogP contribution in [0, 0.1) is 5.82 Å². The van der Waals surface area contributed by atoms with Gasteiger partial charge < -0.3 is 24.8 Å². The third-order valence-corrected chi connectivity index (χ3v) is 8.12. The van der Waals surface area contributed by atoms with Crippen LogP contribution in [0.25, 0.3) is 0 Å². The fourth-order valence-electron chi connectivity index (χ4n) is 4.50. The number of aryl methyl sites for hydroxylation is 1. The summed E-state index contributed by atoms with van der Waals surface area (Å²) in [6.07, 6.45) is -6.91. The zero-order valence-electron chi connectivity index (χ0n) is 21.3. The van der Waals surface area contributed by atoms with Crippen LogP contribution in [0.1, 0.15) is 35.8 Å². The monoisotopic (exact) mass is 611 g/mol. The molecule has 0 radical (unpaired) electrons. The Labute approximate surface area is 228 Å². The summed E-state index contributed by atoms with van der Waals surface area (Å²) >= 11 is 0. The summed E-state index contributed by atoms with van der Waals surface area (Å²) in [6, 6.07) is -2.00. The summed E-state index contributed by atoms with van der Waals surface area (Å²) < 4.78 is 114. The minimum absolute atomic E-state index is 0.00759. The minimum atomic E-state index is -4.81. The van der Waals surface area contributed by atoms with Gasteiger partial charge in [-0.1, -0.05) is 0 Å². The topological polar surface area (TPSA) is 139 Å². The lowest BCUT2D eigenvalue weighted by atomic mass is 10.1. The zero-order chi connectivity index (χ0) is 30.4. The fraction of sp³-hybridized carbons (Fsp3) is 0.435. The van der Waals surface area contributed by atoms with Crippen LogP contribution in [0.4, 0.5) is 32.0 Å². The highest BCUT2D eigenvalue weighted by molar-refractivity contribution is 7.89. The number of alkyl halides is 5. The second-order valence-corrected chi connectivity index (χ2v) is 11.1. The van der Waals surface area contributed by atoms with E-state index >= 15 is 0 Å². The highest BCUT2D eigenvalue weighted by atomic mass is 32.2. The SMILES string of the molecule is C[C@@H](NC(=O)C(=O)N1CC[C@@H]2NS(=O)(=O)c3cn(C)c(C(=O)Nc4ccc(F)c(C(F)F)c4)c3OCC21)C(F)(F)F. The van der Waals surface area contributed by atoms with E-state index in [1.807, 2.05) is 0 Å². The number of anilines is 1. The summed E-state index contributed by atoms with van der Waals surface area (Å²) in [5.41, 5.74) is -1.57. The first-order chi connectivity index (χ1) is 19.0. The number of rotatable bonds is 4. The first-order valence-corrected chi connectivity index (χ1v) is 13.4. The second kappa shape index (κ2) is 10.9.